The second-order valence-corrected chi connectivity index (χ2v) is 8.84. The van der Waals surface area contributed by atoms with Gasteiger partial charge in [-0.05, 0) is 38.5 Å². The second-order valence-electron chi connectivity index (χ2n) is 6.94. The lowest BCUT2D eigenvalue weighted by atomic mass is 10.1. The van der Waals surface area contributed by atoms with Crippen LogP contribution in [0.4, 0.5) is 0 Å². The quantitative estimate of drug-likeness (QED) is 0.465. The highest BCUT2D eigenvalue weighted by molar-refractivity contribution is 7.89. The van der Waals surface area contributed by atoms with Gasteiger partial charge in [0.05, 0.1) is 23.7 Å². The van der Waals surface area contributed by atoms with Crippen molar-refractivity contribution < 1.29 is 27.5 Å². The molecule has 0 N–H and O–H groups in total. The third kappa shape index (κ3) is 5.88. The topological polar surface area (TPSA) is 93.2 Å². The molecular weight excluding hydrogens is 396 g/mol. The number of carbonyl (C=O) groups excluding carboxylic acids is 2. The van der Waals surface area contributed by atoms with Crippen LogP contribution in [-0.4, -0.2) is 75.5 Å². The van der Waals surface area contributed by atoms with Gasteiger partial charge < -0.3 is 14.4 Å². The van der Waals surface area contributed by atoms with Crippen LogP contribution in [0.2, 0.25) is 0 Å². The Morgan fingerprint density at radius 1 is 1.28 bits per heavy atom. The number of hydrogen-bond donors (Lipinski definition) is 0. The van der Waals surface area contributed by atoms with Gasteiger partial charge in [0, 0.05) is 26.2 Å². The van der Waals surface area contributed by atoms with E-state index >= 15 is 0 Å². The first kappa shape index (κ1) is 23.1. The summed E-state index contributed by atoms with van der Waals surface area (Å²) in [5.41, 5.74) is 1.43. The predicted octanol–water partition coefficient (Wildman–Crippen LogP) is 1.60. The predicted molar refractivity (Wildman–Crippen MR) is 108 cm³/mol. The van der Waals surface area contributed by atoms with E-state index in [2.05, 4.69) is 6.58 Å². The number of morpholine rings is 1. The van der Waals surface area contributed by atoms with Crippen molar-refractivity contribution >= 4 is 21.9 Å². The zero-order valence-corrected chi connectivity index (χ0v) is 18.0. The highest BCUT2D eigenvalue weighted by atomic mass is 32.2. The van der Waals surface area contributed by atoms with Gasteiger partial charge in [-0.2, -0.15) is 4.31 Å². The normalized spacial score (nSPS) is 15.0. The molecule has 2 rings (SSSR count). The molecule has 0 atom stereocenters. The Bertz CT molecular complexity index is 875. The molecule has 1 fully saturated rings. The smallest absolute Gasteiger partial charge is 0.338 e. The maximum absolute atomic E-state index is 12.9. The minimum atomic E-state index is -3.75. The lowest BCUT2D eigenvalue weighted by Gasteiger charge is -2.26. The van der Waals surface area contributed by atoms with Gasteiger partial charge in [-0.25, -0.2) is 13.2 Å². The van der Waals surface area contributed by atoms with Crippen molar-refractivity contribution in [2.45, 2.75) is 25.7 Å². The Balaban J connectivity index is 2.13. The van der Waals surface area contributed by atoms with Gasteiger partial charge >= 0.3 is 5.97 Å². The zero-order valence-electron chi connectivity index (χ0n) is 17.1. The molecule has 0 bridgehead atoms. The monoisotopic (exact) mass is 424 g/mol. The summed E-state index contributed by atoms with van der Waals surface area (Å²) in [6.45, 7) is 10.7. The molecule has 9 heteroatoms. The van der Waals surface area contributed by atoms with Gasteiger partial charge in [0.2, 0.25) is 10.0 Å². The van der Waals surface area contributed by atoms with E-state index in [4.69, 9.17) is 9.47 Å². The molecule has 1 aromatic rings. The van der Waals surface area contributed by atoms with Crippen molar-refractivity contribution in [3.63, 3.8) is 0 Å². The Kier molecular flexibility index (Phi) is 7.95. The van der Waals surface area contributed by atoms with Crippen LogP contribution in [0.3, 0.4) is 0 Å². The van der Waals surface area contributed by atoms with Crippen molar-refractivity contribution in [3.8, 4) is 0 Å². The van der Waals surface area contributed by atoms with Crippen LogP contribution in [-0.2, 0) is 24.3 Å². The van der Waals surface area contributed by atoms with E-state index in [1.165, 1.54) is 21.3 Å². The van der Waals surface area contributed by atoms with Gasteiger partial charge in [-0.1, -0.05) is 18.2 Å². The molecule has 29 heavy (non-hydrogen) atoms. The van der Waals surface area contributed by atoms with E-state index < -0.39 is 22.6 Å². The summed E-state index contributed by atoms with van der Waals surface area (Å²) in [5, 5.41) is 0. The first-order valence-corrected chi connectivity index (χ1v) is 10.9. The zero-order chi connectivity index (χ0) is 21.6. The van der Waals surface area contributed by atoms with Gasteiger partial charge in [0.1, 0.15) is 0 Å². The summed E-state index contributed by atoms with van der Waals surface area (Å²) in [6.07, 6.45) is 0. The first-order chi connectivity index (χ1) is 13.7. The lowest BCUT2D eigenvalue weighted by molar-refractivity contribution is -0.133. The molecule has 0 aromatic heterocycles. The molecule has 1 amide bonds. The summed E-state index contributed by atoms with van der Waals surface area (Å²) in [4.78, 5) is 26.2. The van der Waals surface area contributed by atoms with E-state index in [0.717, 1.165) is 5.57 Å². The molecule has 1 saturated heterocycles. The fraction of sp³-hybridized carbons (Fsp3) is 0.500. The third-order valence-corrected chi connectivity index (χ3v) is 6.57. The SMILES string of the molecule is C=C(C)CN(CC)C(=O)COC(=O)c1ccc(C)c(S(=O)(=O)N2CCOCC2)c1. The summed E-state index contributed by atoms with van der Waals surface area (Å²) < 4.78 is 37.5. The number of esters is 1. The van der Waals surface area contributed by atoms with Crippen LogP contribution in [0.25, 0.3) is 0 Å². The number of hydrogen-bond acceptors (Lipinski definition) is 6. The van der Waals surface area contributed by atoms with E-state index in [9.17, 15) is 18.0 Å². The molecule has 0 saturated carbocycles. The molecule has 1 aliphatic heterocycles. The summed E-state index contributed by atoms with van der Waals surface area (Å²) in [5.74, 6) is -1.08. The number of benzene rings is 1. The van der Waals surface area contributed by atoms with Gasteiger partial charge in [0.15, 0.2) is 6.61 Å². The lowest BCUT2D eigenvalue weighted by Crippen LogP contribution is -2.40. The van der Waals surface area contributed by atoms with E-state index in [-0.39, 0.29) is 29.5 Å². The fourth-order valence-electron chi connectivity index (χ4n) is 2.94. The van der Waals surface area contributed by atoms with Crippen LogP contribution in [0.15, 0.2) is 35.2 Å². The van der Waals surface area contributed by atoms with E-state index in [1.807, 2.05) is 13.8 Å². The van der Waals surface area contributed by atoms with Crippen LogP contribution in [0, 0.1) is 6.92 Å². The Morgan fingerprint density at radius 2 is 1.93 bits per heavy atom. The average Bonchev–Trinajstić information content (AvgIpc) is 2.70. The molecule has 0 unspecified atom stereocenters. The number of likely N-dealkylation sites (N-methyl/N-ethyl adjacent to an activating group) is 1. The summed E-state index contributed by atoms with van der Waals surface area (Å²) in [7, 11) is -3.75. The van der Waals surface area contributed by atoms with Crippen molar-refractivity contribution in [2.75, 3.05) is 46.0 Å². The minimum Gasteiger partial charge on any atom is -0.452 e. The summed E-state index contributed by atoms with van der Waals surface area (Å²) in [6, 6.07) is 4.36. The van der Waals surface area contributed by atoms with Gasteiger partial charge in [0.25, 0.3) is 5.91 Å². The summed E-state index contributed by atoms with van der Waals surface area (Å²) >= 11 is 0. The van der Waals surface area contributed by atoms with Gasteiger partial charge in [-0.15, -0.1) is 0 Å². The number of rotatable bonds is 8. The number of amides is 1. The molecule has 0 spiro atoms. The molecular formula is C20H28N2O6S. The molecule has 8 nitrogen and oxygen atoms in total. The number of ether oxygens (including phenoxy) is 2. The van der Waals surface area contributed by atoms with E-state index in [0.29, 0.717) is 31.9 Å². The van der Waals surface area contributed by atoms with Crippen molar-refractivity contribution in [1.82, 2.24) is 9.21 Å². The molecule has 0 aliphatic carbocycles. The van der Waals surface area contributed by atoms with Gasteiger partial charge in [-0.3, -0.25) is 4.79 Å². The first-order valence-electron chi connectivity index (χ1n) is 9.44. The van der Waals surface area contributed by atoms with Crippen molar-refractivity contribution in [3.05, 3.63) is 41.5 Å². The van der Waals surface area contributed by atoms with Crippen LogP contribution < -0.4 is 0 Å². The Labute approximate surface area is 172 Å². The third-order valence-electron chi connectivity index (χ3n) is 4.53. The molecule has 1 heterocycles. The van der Waals surface area contributed by atoms with Crippen LogP contribution >= 0.6 is 0 Å². The van der Waals surface area contributed by atoms with E-state index in [1.54, 1.807) is 13.0 Å². The highest BCUT2D eigenvalue weighted by Crippen LogP contribution is 2.22. The standard InChI is InChI=1S/C20H28N2O6S/c1-5-21(13-15(2)3)19(23)14-28-20(24)17-7-6-16(4)18(12-17)29(25,26)22-8-10-27-11-9-22/h6-7,12H,2,5,8-11,13-14H2,1,3-4H3. The molecule has 0 radical (unpaired) electrons. The minimum absolute atomic E-state index is 0.0534. The highest BCUT2D eigenvalue weighted by Gasteiger charge is 2.28. The molecule has 1 aliphatic rings. The second kappa shape index (κ2) is 10.00. The molecule has 160 valence electrons. The number of aryl methyl sites for hydroxylation is 1. The average molecular weight is 425 g/mol. The largest absolute Gasteiger partial charge is 0.452 e. The fourth-order valence-corrected chi connectivity index (χ4v) is 4.59. The van der Waals surface area contributed by atoms with Crippen LogP contribution in [0.5, 0.6) is 0 Å². The maximum Gasteiger partial charge on any atom is 0.338 e. The Morgan fingerprint density at radius 3 is 2.52 bits per heavy atom. The molecule has 1 aromatic carbocycles. The number of nitrogens with zero attached hydrogens (tertiary/aromatic N) is 2. The maximum atomic E-state index is 12.9. The number of sulfonamides is 1. The Hall–Kier alpha value is -2.23. The van der Waals surface area contributed by atoms with Crippen LogP contribution in [0.1, 0.15) is 29.8 Å². The number of carbonyl (C=O) groups is 2. The van der Waals surface area contributed by atoms with Crippen molar-refractivity contribution in [2.24, 2.45) is 0 Å². The van der Waals surface area contributed by atoms with Crippen molar-refractivity contribution in [1.29, 1.82) is 0 Å².